The molecule has 1 N–H and O–H groups in total. The van der Waals surface area contributed by atoms with Crippen molar-refractivity contribution in [3.05, 3.63) is 88.0 Å². The van der Waals surface area contributed by atoms with Gasteiger partial charge in [0.15, 0.2) is 0 Å². The summed E-state index contributed by atoms with van der Waals surface area (Å²) in [5, 5.41) is 15.9. The quantitative estimate of drug-likeness (QED) is 0.203. The molecule has 0 saturated carbocycles. The number of nitro benzene ring substituents is 1. The lowest BCUT2D eigenvalue weighted by Gasteiger charge is -2.10. The Morgan fingerprint density at radius 2 is 1.84 bits per heavy atom. The number of ether oxygens (including phenoxy) is 1. The highest BCUT2D eigenvalue weighted by atomic mass is 32.1. The van der Waals surface area contributed by atoms with E-state index in [1.165, 1.54) is 23.5 Å². The molecule has 11 heteroatoms. The maximum absolute atomic E-state index is 12.8. The molecule has 0 radical (unpaired) electrons. The minimum absolute atomic E-state index is 0.226. The summed E-state index contributed by atoms with van der Waals surface area (Å²) in [5.41, 5.74) is 2.53. The molecule has 0 unspecified atom stereocenters. The zero-order chi connectivity index (χ0) is 22.7. The highest BCUT2D eigenvalue weighted by Gasteiger charge is 2.33. The number of rotatable bonds is 6. The predicted molar refractivity (Wildman–Crippen MR) is 115 cm³/mol. The number of fused-ring (bicyclic) bond motifs is 1. The summed E-state index contributed by atoms with van der Waals surface area (Å²) in [7, 11) is 0. The van der Waals surface area contributed by atoms with E-state index in [4.69, 9.17) is 4.74 Å². The van der Waals surface area contributed by atoms with Gasteiger partial charge in [-0.1, -0.05) is 23.5 Å². The van der Waals surface area contributed by atoms with Gasteiger partial charge in [0, 0.05) is 6.07 Å². The van der Waals surface area contributed by atoms with E-state index in [9.17, 15) is 23.3 Å². The molecule has 0 spiro atoms. The van der Waals surface area contributed by atoms with Crippen molar-refractivity contribution in [2.45, 2.75) is 6.18 Å². The van der Waals surface area contributed by atoms with Crippen LogP contribution in [0.3, 0.4) is 0 Å². The van der Waals surface area contributed by atoms with Gasteiger partial charge < -0.3 is 4.74 Å². The van der Waals surface area contributed by atoms with Crippen molar-refractivity contribution < 1.29 is 22.8 Å². The summed E-state index contributed by atoms with van der Waals surface area (Å²) >= 11 is 1.46. The number of thiazole rings is 1. The molecule has 7 nitrogen and oxygen atoms in total. The van der Waals surface area contributed by atoms with Crippen molar-refractivity contribution in [3.63, 3.8) is 0 Å². The molecule has 4 rings (SSSR count). The monoisotopic (exact) mass is 458 g/mol. The third-order valence-electron chi connectivity index (χ3n) is 4.26. The number of hydrogen-bond acceptors (Lipinski definition) is 7. The Kier molecular flexibility index (Phi) is 5.73. The van der Waals surface area contributed by atoms with Crippen LogP contribution in [0.4, 0.5) is 24.0 Å². The van der Waals surface area contributed by atoms with Crippen LogP contribution in [-0.4, -0.2) is 16.1 Å². The van der Waals surface area contributed by atoms with E-state index in [2.05, 4.69) is 15.5 Å². The molecular formula is C21H13F3N4O3S. The fraction of sp³-hybridized carbons (Fsp3) is 0.0476. The molecule has 0 aliphatic heterocycles. The number of nitrogens with one attached hydrogen (secondary N) is 1. The molecule has 0 amide bonds. The van der Waals surface area contributed by atoms with E-state index in [0.717, 1.165) is 22.3 Å². The minimum atomic E-state index is -4.69. The lowest BCUT2D eigenvalue weighted by atomic mass is 10.2. The van der Waals surface area contributed by atoms with E-state index in [1.807, 2.05) is 24.3 Å². The molecule has 0 fully saturated rings. The maximum atomic E-state index is 12.8. The molecule has 32 heavy (non-hydrogen) atoms. The average Bonchev–Trinajstić information content (AvgIpc) is 3.17. The smallest absolute Gasteiger partial charge is 0.416 e. The SMILES string of the molecule is O=[N+]([O-])c1cc(C(F)(F)F)ccc1Oc1ccc(C=NNc2nc3ccccc3s2)cc1. The molecule has 0 bridgehead atoms. The van der Waals surface area contributed by atoms with E-state index in [1.54, 1.807) is 18.3 Å². The third-order valence-corrected chi connectivity index (χ3v) is 5.20. The highest BCUT2D eigenvalue weighted by Crippen LogP contribution is 2.37. The average molecular weight is 458 g/mol. The number of benzene rings is 3. The van der Waals surface area contributed by atoms with Gasteiger partial charge in [-0.25, -0.2) is 4.98 Å². The van der Waals surface area contributed by atoms with E-state index >= 15 is 0 Å². The molecule has 0 saturated heterocycles. The number of hydrogen-bond donors (Lipinski definition) is 1. The number of alkyl halides is 3. The second kappa shape index (κ2) is 8.63. The van der Waals surface area contributed by atoms with Gasteiger partial charge in [0.1, 0.15) is 5.75 Å². The molecule has 0 aliphatic rings. The van der Waals surface area contributed by atoms with Crippen molar-refractivity contribution in [1.29, 1.82) is 0 Å². The standard InChI is InChI=1S/C21H13F3N4O3S/c22-21(23,24)14-7-10-18(17(11-14)28(29)30)31-15-8-5-13(6-9-15)12-25-27-20-26-16-3-1-2-4-19(16)32-20/h1-12H,(H,26,27). The Morgan fingerprint density at radius 3 is 2.53 bits per heavy atom. The first-order valence-electron chi connectivity index (χ1n) is 9.08. The van der Waals surface area contributed by atoms with Crippen molar-refractivity contribution in [1.82, 2.24) is 4.98 Å². The summed E-state index contributed by atoms with van der Waals surface area (Å²) in [4.78, 5) is 14.6. The summed E-state index contributed by atoms with van der Waals surface area (Å²) in [5.74, 6) is -0.0638. The molecular weight excluding hydrogens is 445 g/mol. The third kappa shape index (κ3) is 4.83. The number of hydrazone groups is 1. The van der Waals surface area contributed by atoms with Crippen molar-refractivity contribution >= 4 is 38.6 Å². The van der Waals surface area contributed by atoms with Gasteiger partial charge in [0.25, 0.3) is 0 Å². The van der Waals surface area contributed by atoms with Crippen molar-refractivity contribution in [2.75, 3.05) is 5.43 Å². The van der Waals surface area contributed by atoms with Gasteiger partial charge in [0.2, 0.25) is 10.9 Å². The first-order chi connectivity index (χ1) is 15.3. The number of nitro groups is 1. The molecule has 1 heterocycles. The molecule has 0 atom stereocenters. The van der Waals surface area contributed by atoms with Crippen LogP contribution in [0.2, 0.25) is 0 Å². The second-order valence-corrected chi connectivity index (χ2v) is 7.50. The first kappa shape index (κ1) is 21.2. The Labute approximate surface area is 182 Å². The number of aromatic nitrogens is 1. The van der Waals surface area contributed by atoms with Crippen LogP contribution in [0, 0.1) is 10.1 Å². The summed E-state index contributed by atoms with van der Waals surface area (Å²) < 4.78 is 44.9. The fourth-order valence-corrected chi connectivity index (χ4v) is 3.57. The van der Waals surface area contributed by atoms with E-state index < -0.39 is 22.4 Å². The molecule has 1 aromatic heterocycles. The van der Waals surface area contributed by atoms with Gasteiger partial charge in [-0.2, -0.15) is 18.3 Å². The van der Waals surface area contributed by atoms with Gasteiger partial charge >= 0.3 is 11.9 Å². The van der Waals surface area contributed by atoms with Gasteiger partial charge in [0.05, 0.1) is 26.9 Å². The highest BCUT2D eigenvalue weighted by molar-refractivity contribution is 7.22. The van der Waals surface area contributed by atoms with Crippen molar-refractivity contribution in [2.24, 2.45) is 5.10 Å². The lowest BCUT2D eigenvalue weighted by Crippen LogP contribution is -2.06. The first-order valence-corrected chi connectivity index (χ1v) is 9.89. The number of anilines is 1. The molecule has 3 aromatic carbocycles. The van der Waals surface area contributed by atoms with Crippen LogP contribution in [-0.2, 0) is 6.18 Å². The summed E-state index contributed by atoms with van der Waals surface area (Å²) in [6, 6.07) is 16.2. The van der Waals surface area contributed by atoms with Gasteiger partial charge in [-0.05, 0) is 54.1 Å². The van der Waals surface area contributed by atoms with Crippen LogP contribution in [0.5, 0.6) is 11.5 Å². The fourth-order valence-electron chi connectivity index (χ4n) is 2.75. The Hall–Kier alpha value is -3.99. The predicted octanol–water partition coefficient (Wildman–Crippen LogP) is 6.46. The van der Waals surface area contributed by atoms with Crippen LogP contribution in [0.1, 0.15) is 11.1 Å². The van der Waals surface area contributed by atoms with Crippen LogP contribution in [0.25, 0.3) is 10.2 Å². The number of para-hydroxylation sites is 1. The molecule has 162 valence electrons. The van der Waals surface area contributed by atoms with Crippen molar-refractivity contribution in [3.8, 4) is 11.5 Å². The normalized spacial score (nSPS) is 11.7. The van der Waals surface area contributed by atoms with Crippen LogP contribution >= 0.6 is 11.3 Å². The summed E-state index contributed by atoms with van der Waals surface area (Å²) in [6.07, 6.45) is -3.14. The second-order valence-electron chi connectivity index (χ2n) is 6.47. The molecule has 4 aromatic rings. The largest absolute Gasteiger partial charge is 0.450 e. The summed E-state index contributed by atoms with van der Waals surface area (Å²) in [6.45, 7) is 0. The Morgan fingerprint density at radius 1 is 1.09 bits per heavy atom. The minimum Gasteiger partial charge on any atom is -0.450 e. The van der Waals surface area contributed by atoms with Crippen LogP contribution in [0.15, 0.2) is 71.8 Å². The zero-order valence-corrected chi connectivity index (χ0v) is 16.9. The number of halogens is 3. The number of nitrogens with zero attached hydrogens (tertiary/aromatic N) is 3. The topological polar surface area (TPSA) is 89.7 Å². The van der Waals surface area contributed by atoms with Gasteiger partial charge in [-0.15, -0.1) is 0 Å². The Bertz CT molecular complexity index is 1270. The lowest BCUT2D eigenvalue weighted by molar-refractivity contribution is -0.385. The van der Waals surface area contributed by atoms with Crippen LogP contribution < -0.4 is 10.2 Å². The molecule has 0 aliphatic carbocycles. The van der Waals surface area contributed by atoms with E-state index in [0.29, 0.717) is 16.8 Å². The maximum Gasteiger partial charge on any atom is 0.416 e. The van der Waals surface area contributed by atoms with E-state index in [-0.39, 0.29) is 11.5 Å². The Balaban J connectivity index is 1.44. The van der Waals surface area contributed by atoms with Gasteiger partial charge in [-0.3, -0.25) is 15.5 Å². The zero-order valence-electron chi connectivity index (χ0n) is 16.0.